The second-order valence-corrected chi connectivity index (χ2v) is 3.40. The van der Waals surface area contributed by atoms with Crippen LogP contribution in [-0.4, -0.2) is 10.1 Å². The molecule has 0 radical (unpaired) electrons. The summed E-state index contributed by atoms with van der Waals surface area (Å²) in [4.78, 5) is 4.03. The molecule has 0 unspecified atom stereocenters. The Balaban J connectivity index is 0.000000280. The maximum absolute atomic E-state index is 4.86. The van der Waals surface area contributed by atoms with Gasteiger partial charge in [-0.25, -0.2) is 0 Å². The van der Waals surface area contributed by atoms with Crippen molar-refractivity contribution >= 4 is 0 Å². The maximum Gasteiger partial charge on any atom is 0.229 e. The van der Waals surface area contributed by atoms with E-state index in [1.165, 1.54) is 19.3 Å². The van der Waals surface area contributed by atoms with Gasteiger partial charge in [-0.2, -0.15) is 4.98 Å². The minimum absolute atomic E-state index is 0.339. The molecule has 1 aromatic rings. The molecule has 1 aromatic heterocycles. The molecular weight excluding hydrogens is 176 g/mol. The maximum atomic E-state index is 4.86. The zero-order valence-electron chi connectivity index (χ0n) is 10.0. The molecule has 1 saturated carbocycles. The molecule has 0 aromatic carbocycles. The van der Waals surface area contributed by atoms with Crippen LogP contribution in [0.1, 0.15) is 64.6 Å². The summed E-state index contributed by atoms with van der Waals surface area (Å²) in [5, 5.41) is 3.65. The molecule has 0 amide bonds. The van der Waals surface area contributed by atoms with Gasteiger partial charge >= 0.3 is 0 Å². The molecule has 1 aliphatic carbocycles. The summed E-state index contributed by atoms with van der Waals surface area (Å²) in [5.74, 6) is 1.76. The lowest BCUT2D eigenvalue weighted by Gasteiger charge is -1.91. The fourth-order valence-corrected chi connectivity index (χ4v) is 0.548. The Labute approximate surface area is 86.9 Å². The zero-order chi connectivity index (χ0) is 11.0. The molecule has 0 atom stereocenters. The molecule has 1 aliphatic rings. The minimum atomic E-state index is 0.339. The highest BCUT2D eigenvalue weighted by atomic mass is 16.5. The Hall–Kier alpha value is -0.860. The molecule has 0 N–H and O–H groups in total. The highest BCUT2D eigenvalue weighted by molar-refractivity contribution is 4.87. The molecule has 0 bridgehead atoms. The Morgan fingerprint density at radius 3 is 1.79 bits per heavy atom. The molecule has 0 aliphatic heterocycles. The van der Waals surface area contributed by atoms with E-state index in [2.05, 4.69) is 10.1 Å². The molecule has 0 saturated heterocycles. The van der Waals surface area contributed by atoms with Crippen molar-refractivity contribution in [3.05, 3.63) is 11.7 Å². The number of aryl methyl sites for hydroxylation is 1. The van der Waals surface area contributed by atoms with Crippen molar-refractivity contribution < 1.29 is 4.52 Å². The summed E-state index contributed by atoms with van der Waals surface area (Å²) in [6.07, 6.45) is 4.50. The van der Waals surface area contributed by atoms with Crippen LogP contribution in [0.5, 0.6) is 0 Å². The van der Waals surface area contributed by atoms with Crippen LogP contribution in [-0.2, 0) is 0 Å². The lowest BCUT2D eigenvalue weighted by molar-refractivity contribution is 0.362. The fraction of sp³-hybridized carbons (Fsp3) is 0.818. The Morgan fingerprint density at radius 1 is 1.14 bits per heavy atom. The van der Waals surface area contributed by atoms with Gasteiger partial charge in [-0.1, -0.05) is 52.1 Å². The van der Waals surface area contributed by atoms with Crippen LogP contribution in [0, 0.1) is 6.92 Å². The van der Waals surface area contributed by atoms with Gasteiger partial charge in [-0.05, 0) is 6.92 Å². The molecule has 0 spiro atoms. The second-order valence-electron chi connectivity index (χ2n) is 3.40. The van der Waals surface area contributed by atoms with E-state index < -0.39 is 0 Å². The van der Waals surface area contributed by atoms with E-state index in [4.69, 9.17) is 4.52 Å². The van der Waals surface area contributed by atoms with Gasteiger partial charge in [0.15, 0.2) is 5.82 Å². The fourth-order valence-electron chi connectivity index (χ4n) is 0.548. The summed E-state index contributed by atoms with van der Waals surface area (Å²) in [6, 6.07) is 0. The molecule has 14 heavy (non-hydrogen) atoms. The first-order chi connectivity index (χ1) is 6.70. The van der Waals surface area contributed by atoms with Crippen molar-refractivity contribution in [2.45, 2.75) is 59.8 Å². The average Bonchev–Trinajstić information content (AvgIpc) is 2.99. The highest BCUT2D eigenvalue weighted by Gasteiger charge is 2.05. The van der Waals surface area contributed by atoms with Gasteiger partial charge in [0.05, 0.1) is 0 Å². The van der Waals surface area contributed by atoms with Crippen molar-refractivity contribution in [1.29, 1.82) is 0 Å². The average molecular weight is 198 g/mol. The summed E-state index contributed by atoms with van der Waals surface area (Å²) < 4.78 is 4.86. The van der Waals surface area contributed by atoms with E-state index in [0.29, 0.717) is 17.6 Å². The quantitative estimate of drug-likeness (QED) is 0.690. The molecule has 1 heterocycles. The summed E-state index contributed by atoms with van der Waals surface area (Å²) in [7, 11) is 0. The minimum Gasteiger partial charge on any atom is -0.339 e. The van der Waals surface area contributed by atoms with E-state index in [9.17, 15) is 0 Å². The van der Waals surface area contributed by atoms with Gasteiger partial charge in [-0.15, -0.1) is 0 Å². The molecule has 2 rings (SSSR count). The molecule has 1 fully saturated rings. The third-order valence-corrected chi connectivity index (χ3v) is 1.39. The van der Waals surface area contributed by atoms with Crippen LogP contribution in [0.2, 0.25) is 0 Å². The highest BCUT2D eigenvalue weighted by Crippen LogP contribution is 2.14. The predicted octanol–water partition coefficient (Wildman–Crippen LogP) is 3.70. The number of aromatic nitrogens is 2. The van der Waals surface area contributed by atoms with Gasteiger partial charge < -0.3 is 4.52 Å². The van der Waals surface area contributed by atoms with Crippen LogP contribution in [0.4, 0.5) is 0 Å². The molecule has 82 valence electrons. The molecule has 3 nitrogen and oxygen atoms in total. The Morgan fingerprint density at radius 2 is 1.64 bits per heavy atom. The van der Waals surface area contributed by atoms with Gasteiger partial charge in [0.1, 0.15) is 0 Å². The van der Waals surface area contributed by atoms with Crippen molar-refractivity contribution in [3.8, 4) is 0 Å². The third-order valence-electron chi connectivity index (χ3n) is 1.39. The number of hydrogen-bond donors (Lipinski definition) is 0. The second kappa shape index (κ2) is 7.54. The van der Waals surface area contributed by atoms with Gasteiger partial charge in [0.25, 0.3) is 0 Å². The smallest absolute Gasteiger partial charge is 0.229 e. The van der Waals surface area contributed by atoms with E-state index in [1.807, 2.05) is 34.6 Å². The summed E-state index contributed by atoms with van der Waals surface area (Å²) >= 11 is 0. The summed E-state index contributed by atoms with van der Waals surface area (Å²) in [5.41, 5.74) is 0. The van der Waals surface area contributed by atoms with E-state index in [1.54, 1.807) is 0 Å². The van der Waals surface area contributed by atoms with Crippen molar-refractivity contribution in [2.75, 3.05) is 0 Å². The van der Waals surface area contributed by atoms with Crippen molar-refractivity contribution in [2.24, 2.45) is 0 Å². The number of hydrogen-bond acceptors (Lipinski definition) is 3. The first-order valence-electron chi connectivity index (χ1n) is 5.50. The largest absolute Gasteiger partial charge is 0.339 e. The Bertz CT molecular complexity index is 226. The molecule has 3 heteroatoms. The monoisotopic (exact) mass is 198 g/mol. The normalized spacial score (nSPS) is 12.4. The van der Waals surface area contributed by atoms with Crippen LogP contribution in [0.3, 0.4) is 0 Å². The topological polar surface area (TPSA) is 38.9 Å². The van der Waals surface area contributed by atoms with Crippen molar-refractivity contribution in [3.63, 3.8) is 0 Å². The number of nitrogens with zero attached hydrogens (tertiary/aromatic N) is 2. The van der Waals surface area contributed by atoms with E-state index >= 15 is 0 Å². The van der Waals surface area contributed by atoms with Crippen molar-refractivity contribution in [1.82, 2.24) is 10.1 Å². The molecular formula is C11H22N2O. The van der Waals surface area contributed by atoms with Gasteiger partial charge in [-0.3, -0.25) is 0 Å². The first kappa shape index (κ1) is 13.1. The standard InChI is InChI=1S/C6H10N2O.C3H6.C2H6/c1-4(2)6-7-5(3)8-9-6;1-2-3-1;1-2/h4H,1-3H3;1-3H2;1-2H3. The Kier molecular flexibility index (Phi) is 7.07. The van der Waals surface area contributed by atoms with E-state index in [-0.39, 0.29) is 0 Å². The SMILES string of the molecule is C1CC1.CC.Cc1noc(C(C)C)n1. The summed E-state index contributed by atoms with van der Waals surface area (Å²) in [6.45, 7) is 9.86. The van der Waals surface area contributed by atoms with Gasteiger partial charge in [0, 0.05) is 5.92 Å². The number of rotatable bonds is 1. The first-order valence-corrected chi connectivity index (χ1v) is 5.50. The van der Waals surface area contributed by atoms with Crippen LogP contribution in [0.15, 0.2) is 4.52 Å². The lowest BCUT2D eigenvalue weighted by Crippen LogP contribution is -1.85. The van der Waals surface area contributed by atoms with Crippen LogP contribution < -0.4 is 0 Å². The zero-order valence-corrected chi connectivity index (χ0v) is 10.0. The predicted molar refractivity (Wildman–Crippen MR) is 58.3 cm³/mol. The third kappa shape index (κ3) is 6.63. The van der Waals surface area contributed by atoms with Gasteiger partial charge in [0.2, 0.25) is 5.89 Å². The van der Waals surface area contributed by atoms with Crippen LogP contribution >= 0.6 is 0 Å². The van der Waals surface area contributed by atoms with E-state index in [0.717, 1.165) is 0 Å². The van der Waals surface area contributed by atoms with Crippen LogP contribution in [0.25, 0.3) is 0 Å². The lowest BCUT2D eigenvalue weighted by atomic mass is 10.2.